The van der Waals surface area contributed by atoms with Gasteiger partial charge in [0.1, 0.15) is 18.1 Å². The summed E-state index contributed by atoms with van der Waals surface area (Å²) in [6.07, 6.45) is 6.29. The van der Waals surface area contributed by atoms with Crippen molar-refractivity contribution in [2.75, 3.05) is 26.2 Å². The zero-order valence-electron chi connectivity index (χ0n) is 9.97. The number of piperidine rings is 1. The van der Waals surface area contributed by atoms with Crippen LogP contribution < -0.4 is 4.74 Å². The molecule has 0 unspecified atom stereocenters. The van der Waals surface area contributed by atoms with Crippen molar-refractivity contribution >= 4 is 6.29 Å². The Labute approximate surface area is 102 Å². The topological polar surface area (TPSA) is 42.4 Å². The number of carbonyl (C=O) groups is 1. The van der Waals surface area contributed by atoms with Crippen molar-refractivity contribution < 1.29 is 9.53 Å². The molecule has 1 saturated heterocycles. The Kier molecular flexibility index (Phi) is 4.50. The zero-order chi connectivity index (χ0) is 11.9. The van der Waals surface area contributed by atoms with E-state index >= 15 is 0 Å². The monoisotopic (exact) mass is 234 g/mol. The smallest absolute Gasteiger partial charge is 0.168 e. The first kappa shape index (κ1) is 12.0. The highest BCUT2D eigenvalue weighted by Crippen LogP contribution is 2.10. The molecule has 17 heavy (non-hydrogen) atoms. The number of hydrogen-bond acceptors (Lipinski definition) is 4. The van der Waals surface area contributed by atoms with Crippen molar-refractivity contribution in [2.45, 2.75) is 19.3 Å². The van der Waals surface area contributed by atoms with Crippen LogP contribution in [0.5, 0.6) is 5.75 Å². The van der Waals surface area contributed by atoms with Crippen LogP contribution in [-0.2, 0) is 0 Å². The van der Waals surface area contributed by atoms with E-state index in [9.17, 15) is 4.79 Å². The number of likely N-dealkylation sites (tertiary alicyclic amines) is 1. The molecule has 0 atom stereocenters. The Morgan fingerprint density at radius 2 is 2.12 bits per heavy atom. The number of carbonyl (C=O) groups excluding carboxylic acids is 1. The molecule has 1 aliphatic heterocycles. The van der Waals surface area contributed by atoms with Gasteiger partial charge in [0.15, 0.2) is 6.29 Å². The van der Waals surface area contributed by atoms with Gasteiger partial charge in [-0.1, -0.05) is 6.42 Å². The highest BCUT2D eigenvalue weighted by molar-refractivity contribution is 5.71. The molecule has 4 heteroatoms. The normalized spacial score (nSPS) is 16.7. The fraction of sp³-hybridized carbons (Fsp3) is 0.538. The summed E-state index contributed by atoms with van der Waals surface area (Å²) < 4.78 is 5.59. The lowest BCUT2D eigenvalue weighted by molar-refractivity contribution is 0.111. The third-order valence-corrected chi connectivity index (χ3v) is 3.00. The molecule has 1 aliphatic rings. The summed E-state index contributed by atoms with van der Waals surface area (Å²) in [4.78, 5) is 16.8. The molecule has 1 aromatic rings. The predicted molar refractivity (Wildman–Crippen MR) is 65.4 cm³/mol. The van der Waals surface area contributed by atoms with Gasteiger partial charge < -0.3 is 4.74 Å². The van der Waals surface area contributed by atoms with Crippen LogP contribution in [0, 0.1) is 0 Å². The second-order valence-electron chi connectivity index (χ2n) is 4.29. The first-order valence-corrected chi connectivity index (χ1v) is 6.15. The van der Waals surface area contributed by atoms with Crippen molar-refractivity contribution in [3.05, 3.63) is 24.0 Å². The average molecular weight is 234 g/mol. The Morgan fingerprint density at radius 3 is 2.76 bits per heavy atom. The number of ether oxygens (including phenoxy) is 1. The van der Waals surface area contributed by atoms with Gasteiger partial charge >= 0.3 is 0 Å². The number of aldehydes is 1. The number of rotatable bonds is 5. The lowest BCUT2D eigenvalue weighted by Crippen LogP contribution is -2.33. The van der Waals surface area contributed by atoms with E-state index in [0.29, 0.717) is 12.3 Å². The summed E-state index contributed by atoms with van der Waals surface area (Å²) in [6, 6.07) is 3.45. The molecule has 4 nitrogen and oxygen atoms in total. The molecule has 2 heterocycles. The van der Waals surface area contributed by atoms with Crippen molar-refractivity contribution in [2.24, 2.45) is 0 Å². The third-order valence-electron chi connectivity index (χ3n) is 3.00. The highest BCUT2D eigenvalue weighted by atomic mass is 16.5. The molecular weight excluding hydrogens is 216 g/mol. The van der Waals surface area contributed by atoms with Crippen molar-refractivity contribution in [3.63, 3.8) is 0 Å². The Bertz CT molecular complexity index is 345. The Balaban J connectivity index is 1.71. The van der Waals surface area contributed by atoms with Gasteiger partial charge in [0.2, 0.25) is 0 Å². The second kappa shape index (κ2) is 6.35. The zero-order valence-corrected chi connectivity index (χ0v) is 9.97. The SMILES string of the molecule is O=Cc1ccc(OCCN2CCCCC2)cn1. The van der Waals surface area contributed by atoms with Gasteiger partial charge in [-0.2, -0.15) is 0 Å². The Hall–Kier alpha value is -1.42. The van der Waals surface area contributed by atoms with Crippen LogP contribution in [0.15, 0.2) is 18.3 Å². The van der Waals surface area contributed by atoms with Crippen LogP contribution in [0.2, 0.25) is 0 Å². The van der Waals surface area contributed by atoms with Crippen molar-refractivity contribution in [1.82, 2.24) is 9.88 Å². The number of hydrogen-bond donors (Lipinski definition) is 0. The van der Waals surface area contributed by atoms with Gasteiger partial charge in [-0.15, -0.1) is 0 Å². The highest BCUT2D eigenvalue weighted by Gasteiger charge is 2.09. The first-order valence-electron chi connectivity index (χ1n) is 6.15. The summed E-state index contributed by atoms with van der Waals surface area (Å²) in [5.74, 6) is 0.729. The van der Waals surface area contributed by atoms with Gasteiger partial charge in [-0.05, 0) is 38.1 Å². The van der Waals surface area contributed by atoms with E-state index in [-0.39, 0.29) is 0 Å². The standard InChI is InChI=1S/C13H18N2O2/c16-11-12-4-5-13(10-14-12)17-9-8-15-6-2-1-3-7-15/h4-5,10-11H,1-3,6-9H2. The molecule has 0 aromatic carbocycles. The van der Waals surface area contributed by atoms with Gasteiger partial charge in [0.05, 0.1) is 6.20 Å². The molecule has 92 valence electrons. The molecule has 0 radical (unpaired) electrons. The Morgan fingerprint density at radius 1 is 1.29 bits per heavy atom. The van der Waals surface area contributed by atoms with E-state index in [1.165, 1.54) is 32.4 Å². The second-order valence-corrected chi connectivity index (χ2v) is 4.29. The van der Waals surface area contributed by atoms with Crippen molar-refractivity contribution in [1.29, 1.82) is 0 Å². The van der Waals surface area contributed by atoms with Crippen LogP contribution >= 0.6 is 0 Å². The molecule has 0 amide bonds. The van der Waals surface area contributed by atoms with E-state index < -0.39 is 0 Å². The van der Waals surface area contributed by atoms with Crippen LogP contribution in [0.3, 0.4) is 0 Å². The number of aromatic nitrogens is 1. The van der Waals surface area contributed by atoms with Crippen LogP contribution in [0.1, 0.15) is 29.8 Å². The van der Waals surface area contributed by atoms with Crippen LogP contribution in [0.25, 0.3) is 0 Å². The minimum absolute atomic E-state index is 0.438. The quantitative estimate of drug-likeness (QED) is 0.728. The van der Waals surface area contributed by atoms with E-state index in [1.54, 1.807) is 18.3 Å². The van der Waals surface area contributed by atoms with Gasteiger partial charge in [-0.25, -0.2) is 4.98 Å². The molecule has 0 spiro atoms. The molecular formula is C13H18N2O2. The minimum atomic E-state index is 0.438. The summed E-state index contributed by atoms with van der Waals surface area (Å²) in [5, 5.41) is 0. The van der Waals surface area contributed by atoms with E-state index in [4.69, 9.17) is 4.74 Å². The largest absolute Gasteiger partial charge is 0.491 e. The van der Waals surface area contributed by atoms with E-state index in [0.717, 1.165) is 18.6 Å². The molecule has 2 rings (SSSR count). The maximum absolute atomic E-state index is 10.4. The lowest BCUT2D eigenvalue weighted by atomic mass is 10.1. The fourth-order valence-corrected chi connectivity index (χ4v) is 2.02. The maximum Gasteiger partial charge on any atom is 0.168 e. The molecule has 0 saturated carbocycles. The fourth-order valence-electron chi connectivity index (χ4n) is 2.02. The number of pyridine rings is 1. The third kappa shape index (κ3) is 3.82. The molecule has 0 aliphatic carbocycles. The van der Waals surface area contributed by atoms with Gasteiger partial charge in [0.25, 0.3) is 0 Å². The van der Waals surface area contributed by atoms with Gasteiger partial charge in [0, 0.05) is 6.54 Å². The lowest BCUT2D eigenvalue weighted by Gasteiger charge is -2.26. The summed E-state index contributed by atoms with van der Waals surface area (Å²) in [5.41, 5.74) is 0.438. The summed E-state index contributed by atoms with van der Waals surface area (Å²) >= 11 is 0. The first-order chi connectivity index (χ1) is 8.38. The minimum Gasteiger partial charge on any atom is -0.491 e. The predicted octanol–water partition coefficient (Wildman–Crippen LogP) is 1.76. The van der Waals surface area contributed by atoms with Crippen LogP contribution in [0.4, 0.5) is 0 Å². The van der Waals surface area contributed by atoms with E-state index in [2.05, 4.69) is 9.88 Å². The van der Waals surface area contributed by atoms with Crippen molar-refractivity contribution in [3.8, 4) is 5.75 Å². The van der Waals surface area contributed by atoms with Gasteiger partial charge in [-0.3, -0.25) is 9.69 Å². The average Bonchev–Trinajstić information content (AvgIpc) is 2.41. The van der Waals surface area contributed by atoms with E-state index in [1.807, 2.05) is 0 Å². The molecule has 0 N–H and O–H groups in total. The van der Waals surface area contributed by atoms with Crippen LogP contribution in [-0.4, -0.2) is 42.4 Å². The molecule has 1 aromatic heterocycles. The molecule has 1 fully saturated rings. The summed E-state index contributed by atoms with van der Waals surface area (Å²) in [6.45, 7) is 4.02. The maximum atomic E-state index is 10.4. The number of nitrogens with zero attached hydrogens (tertiary/aromatic N) is 2. The summed E-state index contributed by atoms with van der Waals surface area (Å²) in [7, 11) is 0. The molecule has 0 bridgehead atoms.